The Bertz CT molecular complexity index is 138. The van der Waals surface area contributed by atoms with Crippen LogP contribution in [-0.4, -0.2) is 25.8 Å². The molecule has 0 radical (unpaired) electrons. The van der Waals surface area contributed by atoms with Gasteiger partial charge < -0.3 is 0 Å². The first-order valence-electron chi connectivity index (χ1n) is 2.39. The van der Waals surface area contributed by atoms with Crippen molar-refractivity contribution in [2.45, 2.75) is 6.92 Å². The third-order valence-electron chi connectivity index (χ3n) is 0.828. The Morgan fingerprint density at radius 2 is 2.00 bits per heavy atom. The molecule has 0 saturated heterocycles. The topological polar surface area (TPSA) is 34.1 Å². The molecule has 0 aliphatic carbocycles. The molecule has 0 bridgehead atoms. The Balaban J connectivity index is 3.76. The molecule has 0 saturated carbocycles. The molecule has 0 fully saturated rings. The molecule has 0 atom stereocenters. The fourth-order valence-corrected chi connectivity index (χ4v) is 1.49. The lowest BCUT2D eigenvalue weighted by Gasteiger charge is -1.92. The van der Waals surface area contributed by atoms with Crippen LogP contribution in [0.25, 0.3) is 0 Å². The number of rotatable bonds is 3. The number of halogens is 1. The van der Waals surface area contributed by atoms with Gasteiger partial charge in [0.25, 0.3) is 0 Å². The number of hydrogen-bond acceptors (Lipinski definition) is 2. The first kappa shape index (κ1) is 8.24. The minimum Gasteiger partial charge on any atom is -0.229 e. The van der Waals surface area contributed by atoms with E-state index in [0.717, 1.165) is 0 Å². The number of hydrogen-bond donors (Lipinski definition) is 0. The quantitative estimate of drug-likeness (QED) is 0.563. The standard InChI is InChI=1S/C4H9ClO2S/c1-2-8(6,7)4-3-5/h2-4H2,1H3. The van der Waals surface area contributed by atoms with Gasteiger partial charge in [0.05, 0.1) is 5.75 Å². The summed E-state index contributed by atoms with van der Waals surface area (Å²) in [4.78, 5) is 0. The average molecular weight is 157 g/mol. The predicted molar refractivity (Wildman–Crippen MR) is 35.0 cm³/mol. The van der Waals surface area contributed by atoms with Gasteiger partial charge in [-0.25, -0.2) is 8.42 Å². The molecule has 0 rings (SSSR count). The first-order valence-corrected chi connectivity index (χ1v) is 4.74. The molecule has 2 nitrogen and oxygen atoms in total. The summed E-state index contributed by atoms with van der Waals surface area (Å²) in [5, 5.41) is 0. The molecular formula is C4H9ClO2S. The van der Waals surface area contributed by atoms with Crippen molar-refractivity contribution >= 4 is 21.4 Å². The molecule has 0 aromatic carbocycles. The lowest BCUT2D eigenvalue weighted by molar-refractivity contribution is 0.598. The molecule has 4 heteroatoms. The van der Waals surface area contributed by atoms with E-state index in [0.29, 0.717) is 0 Å². The maximum atomic E-state index is 10.5. The molecule has 0 spiro atoms. The fraction of sp³-hybridized carbons (Fsp3) is 1.00. The van der Waals surface area contributed by atoms with E-state index < -0.39 is 9.84 Å². The summed E-state index contributed by atoms with van der Waals surface area (Å²) in [5.74, 6) is 0.501. The normalized spacial score (nSPS) is 11.8. The second-order valence-corrected chi connectivity index (χ2v) is 4.28. The van der Waals surface area contributed by atoms with Crippen molar-refractivity contribution in [1.29, 1.82) is 0 Å². The zero-order valence-corrected chi connectivity index (χ0v) is 6.30. The van der Waals surface area contributed by atoms with E-state index in [1.54, 1.807) is 6.92 Å². The maximum absolute atomic E-state index is 10.5. The van der Waals surface area contributed by atoms with Crippen molar-refractivity contribution in [3.8, 4) is 0 Å². The van der Waals surface area contributed by atoms with Gasteiger partial charge in [0.15, 0.2) is 9.84 Å². The van der Waals surface area contributed by atoms with Gasteiger partial charge in [-0.05, 0) is 0 Å². The van der Waals surface area contributed by atoms with E-state index in [-0.39, 0.29) is 17.4 Å². The highest BCUT2D eigenvalue weighted by Gasteiger charge is 2.03. The maximum Gasteiger partial charge on any atom is 0.151 e. The van der Waals surface area contributed by atoms with Crippen molar-refractivity contribution < 1.29 is 8.42 Å². The zero-order chi connectivity index (χ0) is 6.62. The second-order valence-electron chi connectivity index (χ2n) is 1.43. The van der Waals surface area contributed by atoms with Gasteiger partial charge in [-0.3, -0.25) is 0 Å². The molecule has 0 N–H and O–H groups in total. The summed E-state index contributed by atoms with van der Waals surface area (Å²) < 4.78 is 21.0. The molecule has 0 unspecified atom stereocenters. The van der Waals surface area contributed by atoms with E-state index in [1.807, 2.05) is 0 Å². The highest BCUT2D eigenvalue weighted by Crippen LogP contribution is 1.89. The molecular weight excluding hydrogens is 148 g/mol. The summed E-state index contributed by atoms with van der Waals surface area (Å²) >= 11 is 5.19. The molecule has 0 aromatic rings. The molecule has 0 aliphatic heterocycles. The summed E-state index contributed by atoms with van der Waals surface area (Å²) in [7, 11) is -2.80. The summed E-state index contributed by atoms with van der Waals surface area (Å²) in [6, 6.07) is 0. The smallest absolute Gasteiger partial charge is 0.151 e. The Morgan fingerprint density at radius 1 is 1.50 bits per heavy atom. The van der Waals surface area contributed by atoms with Crippen molar-refractivity contribution in [3.63, 3.8) is 0 Å². The Labute approximate surface area is 54.8 Å². The van der Waals surface area contributed by atoms with Gasteiger partial charge >= 0.3 is 0 Å². The van der Waals surface area contributed by atoms with Crippen LogP contribution in [-0.2, 0) is 9.84 Å². The molecule has 0 heterocycles. The van der Waals surface area contributed by atoms with Gasteiger partial charge in [-0.2, -0.15) is 0 Å². The van der Waals surface area contributed by atoms with E-state index in [2.05, 4.69) is 0 Å². The van der Waals surface area contributed by atoms with Crippen LogP contribution in [0.2, 0.25) is 0 Å². The van der Waals surface area contributed by atoms with Crippen molar-refractivity contribution in [3.05, 3.63) is 0 Å². The molecule has 0 aliphatic rings. The van der Waals surface area contributed by atoms with Crippen LogP contribution in [0.1, 0.15) is 6.92 Å². The molecule has 0 aromatic heterocycles. The van der Waals surface area contributed by atoms with Crippen LogP contribution >= 0.6 is 11.6 Å². The molecule has 0 amide bonds. The van der Waals surface area contributed by atoms with Crippen LogP contribution in [0, 0.1) is 0 Å². The van der Waals surface area contributed by atoms with Gasteiger partial charge in [0, 0.05) is 11.6 Å². The Hall–Kier alpha value is 0.240. The van der Waals surface area contributed by atoms with Crippen LogP contribution in [0.5, 0.6) is 0 Å². The molecule has 50 valence electrons. The summed E-state index contributed by atoms with van der Waals surface area (Å²) in [5.41, 5.74) is 0. The van der Waals surface area contributed by atoms with Crippen LogP contribution in [0.4, 0.5) is 0 Å². The minimum atomic E-state index is -2.80. The first-order chi connectivity index (χ1) is 3.62. The second kappa shape index (κ2) is 3.30. The van der Waals surface area contributed by atoms with Gasteiger partial charge in [-0.15, -0.1) is 11.6 Å². The largest absolute Gasteiger partial charge is 0.229 e. The van der Waals surface area contributed by atoms with Crippen LogP contribution < -0.4 is 0 Å². The van der Waals surface area contributed by atoms with Gasteiger partial charge in [-0.1, -0.05) is 6.92 Å². The third-order valence-corrected chi connectivity index (χ3v) is 2.95. The highest BCUT2D eigenvalue weighted by atomic mass is 35.5. The lowest BCUT2D eigenvalue weighted by atomic mass is 11.0. The van der Waals surface area contributed by atoms with Gasteiger partial charge in [0.2, 0.25) is 0 Å². The summed E-state index contributed by atoms with van der Waals surface area (Å²) in [6.07, 6.45) is 0. The minimum absolute atomic E-state index is 0.102. The highest BCUT2D eigenvalue weighted by molar-refractivity contribution is 7.91. The molecule has 8 heavy (non-hydrogen) atoms. The van der Waals surface area contributed by atoms with E-state index in [1.165, 1.54) is 0 Å². The fourth-order valence-electron chi connectivity index (χ4n) is 0.262. The third kappa shape index (κ3) is 3.27. The van der Waals surface area contributed by atoms with E-state index >= 15 is 0 Å². The van der Waals surface area contributed by atoms with Crippen molar-refractivity contribution in [2.75, 3.05) is 17.4 Å². The Kier molecular flexibility index (Phi) is 3.40. The average Bonchev–Trinajstić information content (AvgIpc) is 1.67. The zero-order valence-electron chi connectivity index (χ0n) is 4.72. The van der Waals surface area contributed by atoms with Crippen molar-refractivity contribution in [1.82, 2.24) is 0 Å². The SMILES string of the molecule is CCS(=O)(=O)CCCl. The number of sulfone groups is 1. The predicted octanol–water partition coefficient (Wildman–Crippen LogP) is 0.660. The Morgan fingerprint density at radius 3 is 2.12 bits per heavy atom. The summed E-state index contributed by atoms with van der Waals surface area (Å²) in [6.45, 7) is 1.61. The van der Waals surface area contributed by atoms with Crippen LogP contribution in [0.15, 0.2) is 0 Å². The van der Waals surface area contributed by atoms with Crippen molar-refractivity contribution in [2.24, 2.45) is 0 Å². The lowest BCUT2D eigenvalue weighted by Crippen LogP contribution is -2.08. The van der Waals surface area contributed by atoms with E-state index in [4.69, 9.17) is 11.6 Å². The monoisotopic (exact) mass is 156 g/mol. The number of alkyl halides is 1. The van der Waals surface area contributed by atoms with Crippen LogP contribution in [0.3, 0.4) is 0 Å². The van der Waals surface area contributed by atoms with E-state index in [9.17, 15) is 8.42 Å². The van der Waals surface area contributed by atoms with Gasteiger partial charge in [0.1, 0.15) is 0 Å².